The van der Waals surface area contributed by atoms with E-state index in [0.717, 1.165) is 5.56 Å². The van der Waals surface area contributed by atoms with Crippen LogP contribution in [0.2, 0.25) is 0 Å². The maximum atomic E-state index is 13.2. The first-order valence-corrected chi connectivity index (χ1v) is 12.6. The van der Waals surface area contributed by atoms with Crippen molar-refractivity contribution < 1.29 is 23.9 Å². The lowest BCUT2D eigenvalue weighted by Gasteiger charge is -2.38. The van der Waals surface area contributed by atoms with Gasteiger partial charge in [0.05, 0.1) is 17.9 Å². The monoisotopic (exact) mass is 505 g/mol. The van der Waals surface area contributed by atoms with E-state index in [4.69, 9.17) is 4.74 Å². The Balaban J connectivity index is 1.37. The number of carbonyl (C=O) groups excluding carboxylic acids is 4. The van der Waals surface area contributed by atoms with E-state index in [1.165, 1.54) is 9.80 Å². The van der Waals surface area contributed by atoms with Crippen LogP contribution in [0.15, 0.2) is 42.5 Å². The Kier molecular flexibility index (Phi) is 6.99. The molecule has 0 bridgehead atoms. The zero-order chi connectivity index (χ0) is 27.1. The van der Waals surface area contributed by atoms with Crippen LogP contribution in [0.25, 0.3) is 0 Å². The molecular weight excluding hydrogens is 470 g/mol. The van der Waals surface area contributed by atoms with Crippen molar-refractivity contribution in [1.29, 1.82) is 0 Å². The summed E-state index contributed by atoms with van der Waals surface area (Å²) in [6, 6.07) is 12.5. The van der Waals surface area contributed by atoms with Gasteiger partial charge in [0.2, 0.25) is 11.8 Å². The minimum atomic E-state index is -0.820. The Hall–Kier alpha value is -3.52. The standard InChI is InChI=1S/C29H35N3O5/c1-28(2)22-11-8-7-10-20(22)24(33)32(27(28)36)17-16-30(5)14-9-15-31-25(34)21-18-19(37-6)12-13-23(21)29(3,4)26(31)35/h7-8,10-13,18H,9,14-17H2,1-6H3. The summed E-state index contributed by atoms with van der Waals surface area (Å²) >= 11 is 0. The lowest BCUT2D eigenvalue weighted by molar-refractivity contribution is -0.135. The Morgan fingerprint density at radius 2 is 1.32 bits per heavy atom. The quantitative estimate of drug-likeness (QED) is 0.512. The molecule has 4 rings (SSSR count). The molecule has 2 aliphatic heterocycles. The number of methoxy groups -OCH3 is 1. The maximum absolute atomic E-state index is 13.2. The maximum Gasteiger partial charge on any atom is 0.260 e. The fourth-order valence-corrected chi connectivity index (χ4v) is 5.25. The topological polar surface area (TPSA) is 87.2 Å². The Morgan fingerprint density at radius 3 is 1.97 bits per heavy atom. The van der Waals surface area contributed by atoms with Crippen LogP contribution >= 0.6 is 0 Å². The van der Waals surface area contributed by atoms with Crippen LogP contribution in [0.1, 0.15) is 66.0 Å². The summed E-state index contributed by atoms with van der Waals surface area (Å²) in [7, 11) is 3.45. The van der Waals surface area contributed by atoms with Crippen molar-refractivity contribution in [2.75, 3.05) is 40.3 Å². The van der Waals surface area contributed by atoms with Crippen molar-refractivity contribution in [3.8, 4) is 5.75 Å². The molecule has 0 aliphatic carbocycles. The van der Waals surface area contributed by atoms with Gasteiger partial charge in [-0.1, -0.05) is 24.3 Å². The highest BCUT2D eigenvalue weighted by molar-refractivity contribution is 6.13. The minimum Gasteiger partial charge on any atom is -0.497 e. The molecule has 2 heterocycles. The number of imide groups is 2. The zero-order valence-electron chi connectivity index (χ0n) is 22.5. The Bertz CT molecular complexity index is 1270. The van der Waals surface area contributed by atoms with Crippen molar-refractivity contribution in [2.45, 2.75) is 44.9 Å². The molecule has 4 amide bonds. The molecule has 0 unspecified atom stereocenters. The summed E-state index contributed by atoms with van der Waals surface area (Å²) in [6.07, 6.45) is 0.569. The molecule has 0 aromatic heterocycles. The van der Waals surface area contributed by atoms with Gasteiger partial charge in [-0.15, -0.1) is 0 Å². The first kappa shape index (κ1) is 26.5. The molecular formula is C29H35N3O5. The summed E-state index contributed by atoms with van der Waals surface area (Å²) in [5.41, 5.74) is 0.923. The Labute approximate surface area is 218 Å². The number of fused-ring (bicyclic) bond motifs is 2. The highest BCUT2D eigenvalue weighted by Gasteiger charge is 2.45. The van der Waals surface area contributed by atoms with Crippen molar-refractivity contribution in [1.82, 2.24) is 14.7 Å². The van der Waals surface area contributed by atoms with Gasteiger partial charge in [-0.3, -0.25) is 29.0 Å². The average molecular weight is 506 g/mol. The Morgan fingerprint density at radius 1 is 0.757 bits per heavy atom. The van der Waals surface area contributed by atoms with Gasteiger partial charge in [0.15, 0.2) is 0 Å². The van der Waals surface area contributed by atoms with Gasteiger partial charge >= 0.3 is 0 Å². The number of benzene rings is 2. The van der Waals surface area contributed by atoms with Crippen molar-refractivity contribution in [3.05, 3.63) is 64.7 Å². The number of carbonyl (C=O) groups is 4. The highest BCUT2D eigenvalue weighted by Crippen LogP contribution is 2.36. The van der Waals surface area contributed by atoms with Gasteiger partial charge in [-0.05, 0) is 77.0 Å². The predicted octanol–water partition coefficient (Wildman–Crippen LogP) is 3.24. The van der Waals surface area contributed by atoms with Gasteiger partial charge in [0.25, 0.3) is 11.8 Å². The van der Waals surface area contributed by atoms with Gasteiger partial charge in [0, 0.05) is 30.8 Å². The van der Waals surface area contributed by atoms with Crippen LogP contribution in [-0.2, 0) is 20.4 Å². The van der Waals surface area contributed by atoms with E-state index in [-0.39, 0.29) is 36.7 Å². The van der Waals surface area contributed by atoms with E-state index in [9.17, 15) is 19.2 Å². The van der Waals surface area contributed by atoms with Crippen LogP contribution < -0.4 is 4.74 Å². The minimum absolute atomic E-state index is 0.203. The summed E-state index contributed by atoms with van der Waals surface area (Å²) in [5, 5.41) is 0. The summed E-state index contributed by atoms with van der Waals surface area (Å²) in [4.78, 5) is 57.2. The molecule has 2 aromatic rings. The van der Waals surface area contributed by atoms with Gasteiger partial charge in [-0.2, -0.15) is 0 Å². The van der Waals surface area contributed by atoms with Crippen LogP contribution in [0.3, 0.4) is 0 Å². The molecule has 0 fully saturated rings. The second kappa shape index (κ2) is 9.74. The zero-order valence-corrected chi connectivity index (χ0v) is 22.5. The van der Waals surface area contributed by atoms with Gasteiger partial charge in [0.1, 0.15) is 5.75 Å². The number of rotatable bonds is 8. The third-order valence-electron chi connectivity index (χ3n) is 7.64. The van der Waals surface area contributed by atoms with Gasteiger partial charge < -0.3 is 9.64 Å². The average Bonchev–Trinajstić information content (AvgIpc) is 2.88. The molecule has 2 aromatic carbocycles. The molecule has 0 spiro atoms. The van der Waals surface area contributed by atoms with Crippen molar-refractivity contribution in [3.63, 3.8) is 0 Å². The van der Waals surface area contributed by atoms with Crippen molar-refractivity contribution >= 4 is 23.6 Å². The van der Waals surface area contributed by atoms with Crippen LogP contribution in [0.4, 0.5) is 0 Å². The lowest BCUT2D eigenvalue weighted by atomic mass is 9.77. The molecule has 196 valence electrons. The first-order chi connectivity index (χ1) is 17.4. The summed E-state index contributed by atoms with van der Waals surface area (Å²) in [6.45, 7) is 8.99. The molecule has 37 heavy (non-hydrogen) atoms. The van der Waals surface area contributed by atoms with E-state index in [0.29, 0.717) is 42.0 Å². The predicted molar refractivity (Wildman–Crippen MR) is 140 cm³/mol. The number of amides is 4. The van der Waals surface area contributed by atoms with Gasteiger partial charge in [-0.25, -0.2) is 0 Å². The fraction of sp³-hybridized carbons (Fsp3) is 0.448. The smallest absolute Gasteiger partial charge is 0.260 e. The van der Waals surface area contributed by atoms with Crippen LogP contribution in [0, 0.1) is 0 Å². The summed E-state index contributed by atoms with van der Waals surface area (Å²) in [5.74, 6) is -0.432. The first-order valence-electron chi connectivity index (χ1n) is 12.6. The van der Waals surface area contributed by atoms with E-state index < -0.39 is 10.8 Å². The van der Waals surface area contributed by atoms with Crippen LogP contribution in [-0.4, -0.2) is 78.7 Å². The highest BCUT2D eigenvalue weighted by atomic mass is 16.5. The van der Waals surface area contributed by atoms with E-state index in [1.54, 1.807) is 31.4 Å². The SMILES string of the molecule is COc1ccc2c(c1)C(=O)N(CCCN(C)CCN1C(=O)c3ccccc3C(C)(C)C1=O)C(=O)C2(C)C. The number of hydrogen-bond donors (Lipinski definition) is 0. The molecule has 0 saturated carbocycles. The lowest BCUT2D eigenvalue weighted by Crippen LogP contribution is -2.53. The summed E-state index contributed by atoms with van der Waals surface area (Å²) < 4.78 is 5.28. The van der Waals surface area contributed by atoms with E-state index in [2.05, 4.69) is 0 Å². The second-order valence-electron chi connectivity index (χ2n) is 10.9. The molecule has 8 heteroatoms. The molecule has 0 N–H and O–H groups in total. The molecule has 0 saturated heterocycles. The second-order valence-corrected chi connectivity index (χ2v) is 10.9. The molecule has 0 radical (unpaired) electrons. The largest absolute Gasteiger partial charge is 0.497 e. The molecule has 2 aliphatic rings. The number of ether oxygens (including phenoxy) is 1. The number of hydrogen-bond acceptors (Lipinski definition) is 6. The fourth-order valence-electron chi connectivity index (χ4n) is 5.25. The van der Waals surface area contributed by atoms with Crippen LogP contribution in [0.5, 0.6) is 5.75 Å². The molecule has 8 nitrogen and oxygen atoms in total. The van der Waals surface area contributed by atoms with Crippen molar-refractivity contribution in [2.24, 2.45) is 0 Å². The normalized spacial score (nSPS) is 18.2. The number of nitrogens with zero attached hydrogens (tertiary/aromatic N) is 3. The van der Waals surface area contributed by atoms with E-state index in [1.807, 2.05) is 57.8 Å². The number of likely N-dealkylation sites (N-methyl/N-ethyl adjacent to an activating group) is 1. The third kappa shape index (κ3) is 4.55. The third-order valence-corrected chi connectivity index (χ3v) is 7.64. The van der Waals surface area contributed by atoms with E-state index >= 15 is 0 Å². The molecule has 0 atom stereocenters.